The maximum absolute atomic E-state index is 13.2. The van der Waals surface area contributed by atoms with Gasteiger partial charge in [-0.2, -0.15) is 0 Å². The highest BCUT2D eigenvalue weighted by molar-refractivity contribution is 8.03. The average Bonchev–Trinajstić information content (AvgIpc) is 2.99. The maximum Gasteiger partial charge on any atom is 0.257 e. The van der Waals surface area contributed by atoms with Crippen LogP contribution in [0.3, 0.4) is 0 Å². The summed E-state index contributed by atoms with van der Waals surface area (Å²) in [4.78, 5) is 18.5. The number of hydrogen-bond donors (Lipinski definition) is 1. The summed E-state index contributed by atoms with van der Waals surface area (Å²) in [6.07, 6.45) is 9.01. The van der Waals surface area contributed by atoms with Crippen LogP contribution in [0.1, 0.15) is 18.1 Å². The third kappa shape index (κ3) is 6.46. The minimum absolute atomic E-state index is 0.148. The Morgan fingerprint density at radius 3 is 2.41 bits per heavy atom. The van der Waals surface area contributed by atoms with Crippen LogP contribution in [0.2, 0.25) is 0 Å². The Balaban J connectivity index is 2.08. The van der Waals surface area contributed by atoms with Gasteiger partial charge in [-0.3, -0.25) is 9.79 Å². The summed E-state index contributed by atoms with van der Waals surface area (Å²) in [6.45, 7) is 6.14. The van der Waals surface area contributed by atoms with Crippen molar-refractivity contribution in [1.29, 1.82) is 0 Å². The molecule has 2 aromatic carbocycles. The zero-order valence-electron chi connectivity index (χ0n) is 17.9. The van der Waals surface area contributed by atoms with Crippen LogP contribution >= 0.6 is 23.4 Å². The second-order valence-corrected chi connectivity index (χ2v) is 8.62. The Hall–Kier alpha value is -3.08. The molecule has 5 heteroatoms. The van der Waals surface area contributed by atoms with Gasteiger partial charge in [0.1, 0.15) is 0 Å². The molecule has 0 saturated carbocycles. The van der Waals surface area contributed by atoms with Crippen LogP contribution in [-0.2, 0) is 4.79 Å². The first-order chi connectivity index (χ1) is 15.6. The normalized spacial score (nSPS) is 15.1. The smallest absolute Gasteiger partial charge is 0.257 e. The number of rotatable bonds is 8. The lowest BCUT2D eigenvalue weighted by Gasteiger charge is -2.18. The number of carbonyl (C=O) groups is 1. The molecule has 0 atom stereocenters. The van der Waals surface area contributed by atoms with Gasteiger partial charge in [-0.05, 0) is 35.3 Å². The van der Waals surface area contributed by atoms with Gasteiger partial charge in [-0.15, -0.1) is 11.8 Å². The lowest BCUT2D eigenvalue weighted by atomic mass is 9.89. The number of amides is 1. The zero-order valence-corrected chi connectivity index (χ0v) is 19.5. The summed E-state index contributed by atoms with van der Waals surface area (Å²) in [5, 5.41) is 3.30. The topological polar surface area (TPSA) is 41.5 Å². The molecule has 3 rings (SSSR count). The minimum Gasteiger partial charge on any atom is -0.313 e. The summed E-state index contributed by atoms with van der Waals surface area (Å²) in [7, 11) is 0. The Bertz CT molecular complexity index is 1110. The third-order valence-corrected chi connectivity index (χ3v) is 5.97. The summed E-state index contributed by atoms with van der Waals surface area (Å²) in [5.74, 6) is 0.554. The minimum atomic E-state index is -0.148. The van der Waals surface area contributed by atoms with E-state index >= 15 is 0 Å². The summed E-state index contributed by atoms with van der Waals surface area (Å²) >= 11 is 7.36. The molecule has 2 aromatic rings. The molecule has 0 unspecified atom stereocenters. The Morgan fingerprint density at radius 2 is 1.75 bits per heavy atom. The lowest BCUT2D eigenvalue weighted by Crippen LogP contribution is -2.23. The SMILES string of the molecule is C=C(Cl)/C=C\C=C/CSC1=C(/C(=C(\C)c2ccccc2)c2ccccc2)C(=O)NC=NC1. The van der Waals surface area contributed by atoms with Crippen molar-refractivity contribution in [3.63, 3.8) is 0 Å². The van der Waals surface area contributed by atoms with Crippen molar-refractivity contribution in [3.05, 3.63) is 118 Å². The molecule has 0 radical (unpaired) electrons. The van der Waals surface area contributed by atoms with Gasteiger partial charge in [-0.1, -0.05) is 97.1 Å². The molecule has 1 amide bonds. The number of allylic oxidation sites excluding steroid dienone is 5. The molecule has 0 saturated heterocycles. The van der Waals surface area contributed by atoms with E-state index in [0.29, 0.717) is 22.9 Å². The summed E-state index contributed by atoms with van der Waals surface area (Å²) in [5.41, 5.74) is 4.70. The third-order valence-electron chi connectivity index (χ3n) is 4.80. The first-order valence-corrected chi connectivity index (χ1v) is 11.6. The molecule has 0 spiro atoms. The molecule has 0 fully saturated rings. The van der Waals surface area contributed by atoms with Crippen molar-refractivity contribution in [1.82, 2.24) is 5.32 Å². The molecule has 1 N–H and O–H groups in total. The quantitative estimate of drug-likeness (QED) is 0.355. The van der Waals surface area contributed by atoms with Crippen LogP contribution in [0.25, 0.3) is 11.1 Å². The van der Waals surface area contributed by atoms with E-state index in [4.69, 9.17) is 11.6 Å². The summed E-state index contributed by atoms with van der Waals surface area (Å²) in [6, 6.07) is 20.2. The number of hydrogen-bond acceptors (Lipinski definition) is 3. The van der Waals surface area contributed by atoms with Gasteiger partial charge in [0, 0.05) is 15.7 Å². The molecular weight excluding hydrogens is 436 g/mol. The van der Waals surface area contributed by atoms with Crippen molar-refractivity contribution in [2.45, 2.75) is 6.92 Å². The number of thioether (sulfide) groups is 1. The highest BCUT2D eigenvalue weighted by Crippen LogP contribution is 2.37. The number of halogens is 1. The van der Waals surface area contributed by atoms with Crippen LogP contribution < -0.4 is 5.32 Å². The average molecular weight is 461 g/mol. The number of nitrogens with zero attached hydrogens (tertiary/aromatic N) is 1. The number of aliphatic imine (C=N–C) groups is 1. The van der Waals surface area contributed by atoms with E-state index in [0.717, 1.165) is 27.2 Å². The predicted octanol–water partition coefficient (Wildman–Crippen LogP) is 6.63. The molecule has 0 aliphatic carbocycles. The highest BCUT2D eigenvalue weighted by atomic mass is 35.5. The Morgan fingerprint density at radius 1 is 1.09 bits per heavy atom. The van der Waals surface area contributed by atoms with Gasteiger partial charge in [-0.25, -0.2) is 0 Å². The van der Waals surface area contributed by atoms with Crippen molar-refractivity contribution in [2.24, 2.45) is 4.99 Å². The highest BCUT2D eigenvalue weighted by Gasteiger charge is 2.24. The van der Waals surface area contributed by atoms with Gasteiger partial charge < -0.3 is 5.32 Å². The molecular formula is C27H25ClN2OS. The second kappa shape index (κ2) is 12.1. The van der Waals surface area contributed by atoms with Crippen LogP contribution in [0.15, 0.2) is 112 Å². The number of benzene rings is 2. The van der Waals surface area contributed by atoms with Gasteiger partial charge in [0.2, 0.25) is 0 Å². The van der Waals surface area contributed by atoms with Gasteiger partial charge in [0.25, 0.3) is 5.91 Å². The fraction of sp³-hybridized carbons (Fsp3) is 0.111. The molecule has 162 valence electrons. The van der Waals surface area contributed by atoms with E-state index in [9.17, 15) is 4.79 Å². The van der Waals surface area contributed by atoms with Gasteiger partial charge in [0.15, 0.2) is 0 Å². The van der Waals surface area contributed by atoms with Crippen LogP contribution in [-0.4, -0.2) is 24.5 Å². The monoisotopic (exact) mass is 460 g/mol. The van der Waals surface area contributed by atoms with E-state index in [1.54, 1.807) is 17.8 Å². The first-order valence-electron chi connectivity index (χ1n) is 10.2. The van der Waals surface area contributed by atoms with Crippen molar-refractivity contribution >= 4 is 46.8 Å². The predicted molar refractivity (Wildman–Crippen MR) is 140 cm³/mol. The molecule has 32 heavy (non-hydrogen) atoms. The molecule has 1 aliphatic heterocycles. The van der Waals surface area contributed by atoms with Gasteiger partial charge >= 0.3 is 0 Å². The van der Waals surface area contributed by atoms with Crippen molar-refractivity contribution in [2.75, 3.05) is 12.3 Å². The molecule has 1 heterocycles. The van der Waals surface area contributed by atoms with Crippen LogP contribution in [0.5, 0.6) is 0 Å². The molecule has 1 aliphatic rings. The van der Waals surface area contributed by atoms with E-state index < -0.39 is 0 Å². The fourth-order valence-corrected chi connectivity index (χ4v) is 4.30. The molecule has 0 bridgehead atoms. The van der Waals surface area contributed by atoms with E-state index in [2.05, 4.69) is 35.9 Å². The zero-order chi connectivity index (χ0) is 22.8. The second-order valence-electron chi connectivity index (χ2n) is 7.02. The lowest BCUT2D eigenvalue weighted by molar-refractivity contribution is -0.115. The van der Waals surface area contributed by atoms with E-state index in [1.807, 2.05) is 66.8 Å². The van der Waals surface area contributed by atoms with Crippen LogP contribution in [0.4, 0.5) is 0 Å². The molecule has 0 aromatic heterocycles. The van der Waals surface area contributed by atoms with E-state index in [1.165, 1.54) is 6.34 Å². The van der Waals surface area contributed by atoms with E-state index in [-0.39, 0.29) is 5.91 Å². The standard InChI is InChI=1S/C27H25ClN2OS/c1-20(28)12-6-5-11-17-32-24-18-29-19-30-27(31)26(24)25(23-15-9-4-10-16-23)21(2)22-13-7-3-8-14-22/h3-16,19H,1,17-18H2,2H3,(H,29,30,31)/b11-5-,12-6-,25-21+. The maximum atomic E-state index is 13.2. The largest absolute Gasteiger partial charge is 0.313 e. The van der Waals surface area contributed by atoms with Crippen molar-refractivity contribution in [3.8, 4) is 0 Å². The fourth-order valence-electron chi connectivity index (χ4n) is 3.31. The van der Waals surface area contributed by atoms with Gasteiger partial charge in [0.05, 0.1) is 18.5 Å². The Labute approximate surface area is 199 Å². The van der Waals surface area contributed by atoms with Crippen molar-refractivity contribution < 1.29 is 4.79 Å². The molecule has 3 nitrogen and oxygen atoms in total. The number of nitrogens with one attached hydrogen (secondary N) is 1. The summed E-state index contributed by atoms with van der Waals surface area (Å²) < 4.78 is 0. The first kappa shape index (κ1) is 23.6. The van der Waals surface area contributed by atoms with Crippen LogP contribution in [0, 0.1) is 0 Å². The Kier molecular flexibility index (Phi) is 8.90. The number of carbonyl (C=O) groups excluding carboxylic acids is 1.